The molecular formula is C14H25NO. The molecule has 1 fully saturated rings. The molecule has 2 heteroatoms. The number of allylic oxidation sites excluding steroid dienone is 2. The van der Waals surface area contributed by atoms with Crippen molar-refractivity contribution < 1.29 is 4.74 Å². The first-order valence-electron chi connectivity index (χ1n) is 6.82. The molecule has 1 saturated carbocycles. The van der Waals surface area contributed by atoms with E-state index in [0.29, 0.717) is 0 Å². The zero-order valence-electron chi connectivity index (χ0n) is 10.5. The molecule has 0 spiro atoms. The Morgan fingerprint density at radius 2 is 2.06 bits per heavy atom. The van der Waals surface area contributed by atoms with E-state index in [4.69, 9.17) is 4.74 Å². The lowest BCUT2D eigenvalue weighted by molar-refractivity contribution is 0.0776. The number of hydrogen-bond acceptors (Lipinski definition) is 2. The quantitative estimate of drug-likeness (QED) is 0.529. The average Bonchev–Trinajstić information content (AvgIpc) is 3.09. The van der Waals surface area contributed by atoms with E-state index in [-0.39, 0.29) is 0 Å². The first-order valence-corrected chi connectivity index (χ1v) is 6.82. The summed E-state index contributed by atoms with van der Waals surface area (Å²) in [5, 5.41) is 3.51. The van der Waals surface area contributed by atoms with Crippen LogP contribution in [-0.2, 0) is 4.74 Å². The van der Waals surface area contributed by atoms with Crippen LogP contribution in [0.2, 0.25) is 0 Å². The van der Waals surface area contributed by atoms with Crippen molar-refractivity contribution in [2.24, 2.45) is 11.8 Å². The van der Waals surface area contributed by atoms with Gasteiger partial charge in [0, 0.05) is 19.3 Å². The van der Waals surface area contributed by atoms with Gasteiger partial charge in [0.25, 0.3) is 0 Å². The van der Waals surface area contributed by atoms with Gasteiger partial charge in [0.1, 0.15) is 0 Å². The lowest BCUT2D eigenvalue weighted by Gasteiger charge is -2.24. The van der Waals surface area contributed by atoms with Crippen molar-refractivity contribution >= 4 is 0 Å². The first-order chi connectivity index (χ1) is 7.86. The molecule has 0 saturated heterocycles. The molecule has 0 aromatic rings. The van der Waals surface area contributed by atoms with Gasteiger partial charge in [0.05, 0.1) is 0 Å². The van der Waals surface area contributed by atoms with Gasteiger partial charge in [0.2, 0.25) is 0 Å². The number of ether oxygens (including phenoxy) is 1. The Morgan fingerprint density at radius 3 is 2.81 bits per heavy atom. The van der Waals surface area contributed by atoms with Gasteiger partial charge in [-0.1, -0.05) is 19.1 Å². The minimum Gasteiger partial charge on any atom is -0.381 e. The second-order valence-electron chi connectivity index (χ2n) is 5.34. The molecule has 0 aromatic carbocycles. The predicted molar refractivity (Wildman–Crippen MR) is 67.5 cm³/mol. The van der Waals surface area contributed by atoms with Crippen LogP contribution in [-0.4, -0.2) is 25.8 Å². The molecule has 0 bridgehead atoms. The predicted octanol–water partition coefficient (Wildman–Crippen LogP) is 2.75. The van der Waals surface area contributed by atoms with Crippen LogP contribution in [0.1, 0.15) is 39.0 Å². The fraction of sp³-hybridized carbons (Fsp3) is 0.857. The van der Waals surface area contributed by atoms with E-state index >= 15 is 0 Å². The molecule has 2 rings (SSSR count). The standard InChI is InChI=1S/C14H25NO/c1-12-5-2-3-6-13(12)11-16-10-4-9-15-14-7-8-14/h2-3,12-15H,4-11H2,1H3. The molecule has 0 heterocycles. The van der Waals surface area contributed by atoms with Gasteiger partial charge in [0.15, 0.2) is 0 Å². The Morgan fingerprint density at radius 1 is 1.25 bits per heavy atom. The average molecular weight is 223 g/mol. The van der Waals surface area contributed by atoms with Crippen molar-refractivity contribution in [2.45, 2.75) is 45.1 Å². The number of hydrogen-bond donors (Lipinski definition) is 1. The van der Waals surface area contributed by atoms with Crippen molar-refractivity contribution in [1.29, 1.82) is 0 Å². The summed E-state index contributed by atoms with van der Waals surface area (Å²) in [4.78, 5) is 0. The molecule has 0 aromatic heterocycles. The van der Waals surface area contributed by atoms with Crippen molar-refractivity contribution in [3.8, 4) is 0 Å². The highest BCUT2D eigenvalue weighted by atomic mass is 16.5. The van der Waals surface area contributed by atoms with Gasteiger partial charge < -0.3 is 10.1 Å². The molecule has 2 atom stereocenters. The topological polar surface area (TPSA) is 21.3 Å². The fourth-order valence-electron chi connectivity index (χ4n) is 2.24. The lowest BCUT2D eigenvalue weighted by atomic mass is 9.85. The third kappa shape index (κ3) is 4.26. The minimum atomic E-state index is 0.751. The van der Waals surface area contributed by atoms with Crippen molar-refractivity contribution in [2.75, 3.05) is 19.8 Å². The van der Waals surface area contributed by atoms with Crippen LogP contribution in [0.25, 0.3) is 0 Å². The van der Waals surface area contributed by atoms with E-state index in [9.17, 15) is 0 Å². The van der Waals surface area contributed by atoms with E-state index in [2.05, 4.69) is 24.4 Å². The third-order valence-electron chi connectivity index (χ3n) is 3.73. The monoisotopic (exact) mass is 223 g/mol. The molecule has 2 aliphatic rings. The van der Waals surface area contributed by atoms with Gasteiger partial charge in [-0.2, -0.15) is 0 Å². The van der Waals surface area contributed by atoms with Crippen molar-refractivity contribution in [1.82, 2.24) is 5.32 Å². The Balaban J connectivity index is 1.45. The highest BCUT2D eigenvalue weighted by Crippen LogP contribution is 2.25. The molecule has 92 valence electrons. The maximum absolute atomic E-state index is 5.77. The summed E-state index contributed by atoms with van der Waals surface area (Å²) in [7, 11) is 0. The summed E-state index contributed by atoms with van der Waals surface area (Å²) in [5.41, 5.74) is 0. The smallest absolute Gasteiger partial charge is 0.0499 e. The van der Waals surface area contributed by atoms with Crippen LogP contribution < -0.4 is 5.32 Å². The summed E-state index contributed by atoms with van der Waals surface area (Å²) in [6, 6.07) is 0.837. The van der Waals surface area contributed by atoms with Crippen LogP contribution in [0.5, 0.6) is 0 Å². The van der Waals surface area contributed by atoms with Gasteiger partial charge in [-0.15, -0.1) is 0 Å². The van der Waals surface area contributed by atoms with E-state index in [1.54, 1.807) is 0 Å². The highest BCUT2D eigenvalue weighted by Gasteiger charge is 2.20. The molecule has 2 nitrogen and oxygen atoms in total. The van der Waals surface area contributed by atoms with Gasteiger partial charge in [-0.05, 0) is 50.5 Å². The Kier molecular flexibility index (Phi) is 4.86. The van der Waals surface area contributed by atoms with Crippen molar-refractivity contribution in [3.63, 3.8) is 0 Å². The first kappa shape index (κ1) is 12.1. The summed E-state index contributed by atoms with van der Waals surface area (Å²) < 4.78 is 5.77. The van der Waals surface area contributed by atoms with Crippen LogP contribution in [0.15, 0.2) is 12.2 Å². The highest BCUT2D eigenvalue weighted by molar-refractivity contribution is 4.93. The van der Waals surface area contributed by atoms with Crippen molar-refractivity contribution in [3.05, 3.63) is 12.2 Å². The third-order valence-corrected chi connectivity index (χ3v) is 3.73. The summed E-state index contributed by atoms with van der Waals surface area (Å²) in [6.07, 6.45) is 11.0. The largest absolute Gasteiger partial charge is 0.381 e. The number of nitrogens with one attached hydrogen (secondary N) is 1. The fourth-order valence-corrected chi connectivity index (χ4v) is 2.24. The molecule has 0 aliphatic heterocycles. The Bertz CT molecular complexity index is 223. The van der Waals surface area contributed by atoms with Crippen LogP contribution in [0.4, 0.5) is 0 Å². The molecular weight excluding hydrogens is 198 g/mol. The van der Waals surface area contributed by atoms with Gasteiger partial charge >= 0.3 is 0 Å². The van der Waals surface area contributed by atoms with Gasteiger partial charge in [-0.25, -0.2) is 0 Å². The van der Waals surface area contributed by atoms with Crippen LogP contribution in [0, 0.1) is 11.8 Å². The van der Waals surface area contributed by atoms with E-state index in [0.717, 1.165) is 44.1 Å². The maximum atomic E-state index is 5.77. The lowest BCUT2D eigenvalue weighted by Crippen LogP contribution is -2.22. The zero-order valence-corrected chi connectivity index (χ0v) is 10.5. The zero-order chi connectivity index (χ0) is 11.2. The second-order valence-corrected chi connectivity index (χ2v) is 5.34. The van der Waals surface area contributed by atoms with Gasteiger partial charge in [-0.3, -0.25) is 0 Å². The minimum absolute atomic E-state index is 0.751. The second kappa shape index (κ2) is 6.41. The summed E-state index contributed by atoms with van der Waals surface area (Å²) in [5.74, 6) is 1.55. The normalized spacial score (nSPS) is 29.6. The van der Waals surface area contributed by atoms with E-state index in [1.165, 1.54) is 25.7 Å². The SMILES string of the molecule is CC1CC=CCC1COCCCNC1CC1. The summed E-state index contributed by atoms with van der Waals surface area (Å²) in [6.45, 7) is 5.35. The van der Waals surface area contributed by atoms with Crippen LogP contribution >= 0.6 is 0 Å². The Labute approximate surface area is 99.4 Å². The summed E-state index contributed by atoms with van der Waals surface area (Å²) >= 11 is 0. The van der Waals surface area contributed by atoms with Crippen LogP contribution in [0.3, 0.4) is 0 Å². The maximum Gasteiger partial charge on any atom is 0.0499 e. The molecule has 0 amide bonds. The Hall–Kier alpha value is -0.340. The molecule has 2 unspecified atom stereocenters. The van der Waals surface area contributed by atoms with E-state index in [1.807, 2.05) is 0 Å². The molecule has 0 radical (unpaired) electrons. The molecule has 1 N–H and O–H groups in total. The molecule has 2 aliphatic carbocycles. The van der Waals surface area contributed by atoms with E-state index < -0.39 is 0 Å². The number of rotatable bonds is 7. The molecule has 16 heavy (non-hydrogen) atoms.